The van der Waals surface area contributed by atoms with E-state index in [0.717, 1.165) is 0 Å². The zero-order valence-corrected chi connectivity index (χ0v) is 8.57. The molecule has 1 fully saturated rings. The minimum absolute atomic E-state index is 0.263. The van der Waals surface area contributed by atoms with Gasteiger partial charge in [-0.2, -0.15) is 5.48 Å². The standard InChI is InChI=1S/C8H12N4O5/c13-4-5(14)7(17-12-6(4)15)10-3-1-2-9-8(16)11-3/h1-2,4-7,12-15H,(H2,9,10,11,16)/t4-,5-,6-,7?/m0/s1. The Morgan fingerprint density at radius 3 is 2.82 bits per heavy atom. The molecule has 1 aliphatic heterocycles. The van der Waals surface area contributed by atoms with Crippen LogP contribution < -0.4 is 16.5 Å². The summed E-state index contributed by atoms with van der Waals surface area (Å²) in [6.45, 7) is 0. The number of hydrogen-bond acceptors (Lipinski definition) is 8. The molecule has 0 aliphatic carbocycles. The summed E-state index contributed by atoms with van der Waals surface area (Å²) >= 11 is 0. The van der Waals surface area contributed by atoms with Crippen LogP contribution in [-0.4, -0.2) is 50.0 Å². The minimum Gasteiger partial charge on any atom is -0.386 e. The van der Waals surface area contributed by atoms with Crippen LogP contribution in [0.2, 0.25) is 0 Å². The van der Waals surface area contributed by atoms with E-state index in [9.17, 15) is 15.0 Å². The van der Waals surface area contributed by atoms with Crippen LogP contribution in [-0.2, 0) is 4.84 Å². The van der Waals surface area contributed by atoms with E-state index < -0.39 is 30.4 Å². The van der Waals surface area contributed by atoms with E-state index in [0.29, 0.717) is 0 Å². The number of hydroxylamine groups is 1. The Bertz CT molecular complexity index is 438. The molecule has 1 saturated heterocycles. The zero-order chi connectivity index (χ0) is 12.4. The number of aliphatic hydroxyl groups excluding tert-OH is 3. The maximum absolute atomic E-state index is 10.9. The number of nitrogens with one attached hydrogen (secondary N) is 3. The summed E-state index contributed by atoms with van der Waals surface area (Å²) in [4.78, 5) is 21.5. The summed E-state index contributed by atoms with van der Waals surface area (Å²) in [6, 6.07) is 1.45. The molecule has 0 spiro atoms. The Morgan fingerprint density at radius 2 is 2.12 bits per heavy atom. The maximum Gasteiger partial charge on any atom is 0.346 e. The fraction of sp³-hybridized carbons (Fsp3) is 0.500. The summed E-state index contributed by atoms with van der Waals surface area (Å²) < 4.78 is 0. The van der Waals surface area contributed by atoms with Crippen LogP contribution in [0, 0.1) is 0 Å². The SMILES string of the molecule is O=c1nccc(NC2ON[C@@H](O)[C@@H](O)[C@@H]2O)[nH]1. The molecule has 1 aromatic rings. The van der Waals surface area contributed by atoms with Gasteiger partial charge in [-0.05, 0) is 6.07 Å². The van der Waals surface area contributed by atoms with E-state index in [-0.39, 0.29) is 5.82 Å². The van der Waals surface area contributed by atoms with Crippen molar-refractivity contribution in [1.29, 1.82) is 0 Å². The number of anilines is 1. The third-order valence-electron chi connectivity index (χ3n) is 2.27. The van der Waals surface area contributed by atoms with Gasteiger partial charge in [0.2, 0.25) is 0 Å². The lowest BCUT2D eigenvalue weighted by Gasteiger charge is -2.35. The predicted molar refractivity (Wildman–Crippen MR) is 54.5 cm³/mol. The first-order valence-corrected chi connectivity index (χ1v) is 4.85. The van der Waals surface area contributed by atoms with Crippen molar-refractivity contribution in [1.82, 2.24) is 15.4 Å². The van der Waals surface area contributed by atoms with Crippen molar-refractivity contribution in [3.8, 4) is 0 Å². The van der Waals surface area contributed by atoms with Crippen LogP contribution in [0.15, 0.2) is 17.1 Å². The van der Waals surface area contributed by atoms with Crippen LogP contribution in [0.5, 0.6) is 0 Å². The number of aromatic nitrogens is 2. The molecule has 94 valence electrons. The first kappa shape index (κ1) is 12.0. The Labute approximate surface area is 95.0 Å². The molecule has 2 rings (SSSR count). The Morgan fingerprint density at radius 1 is 1.35 bits per heavy atom. The van der Waals surface area contributed by atoms with Gasteiger partial charge in [0.25, 0.3) is 0 Å². The third kappa shape index (κ3) is 2.60. The second kappa shape index (κ2) is 4.77. The van der Waals surface area contributed by atoms with Gasteiger partial charge < -0.3 is 20.6 Å². The molecule has 0 amide bonds. The molecule has 0 aromatic carbocycles. The van der Waals surface area contributed by atoms with E-state index in [4.69, 9.17) is 9.94 Å². The van der Waals surface area contributed by atoms with Gasteiger partial charge in [-0.3, -0.25) is 9.82 Å². The fourth-order valence-electron chi connectivity index (χ4n) is 1.37. The summed E-state index contributed by atoms with van der Waals surface area (Å²) in [6.07, 6.45) is -3.89. The lowest BCUT2D eigenvalue weighted by atomic mass is 10.1. The van der Waals surface area contributed by atoms with Crippen LogP contribution in [0.1, 0.15) is 0 Å². The van der Waals surface area contributed by atoms with Crippen molar-refractivity contribution in [2.75, 3.05) is 5.32 Å². The predicted octanol–water partition coefficient (Wildman–Crippen LogP) is -2.92. The van der Waals surface area contributed by atoms with E-state index in [2.05, 4.69) is 20.8 Å². The van der Waals surface area contributed by atoms with Crippen molar-refractivity contribution < 1.29 is 20.2 Å². The summed E-state index contributed by atoms with van der Waals surface area (Å²) in [5.74, 6) is 0.263. The average molecular weight is 244 g/mol. The van der Waals surface area contributed by atoms with Crippen molar-refractivity contribution in [2.45, 2.75) is 24.7 Å². The average Bonchev–Trinajstić information content (AvgIpc) is 2.30. The molecule has 6 N–H and O–H groups in total. The van der Waals surface area contributed by atoms with E-state index >= 15 is 0 Å². The number of hydrogen-bond donors (Lipinski definition) is 6. The Balaban J connectivity index is 2.06. The lowest BCUT2D eigenvalue weighted by molar-refractivity contribution is -0.228. The molecule has 0 bridgehead atoms. The molecule has 1 aliphatic rings. The second-order valence-corrected chi connectivity index (χ2v) is 3.52. The molecule has 2 heterocycles. The molecule has 0 saturated carbocycles. The van der Waals surface area contributed by atoms with Gasteiger partial charge in [0.05, 0.1) is 0 Å². The van der Waals surface area contributed by atoms with E-state index in [1.54, 1.807) is 0 Å². The number of aromatic amines is 1. The molecule has 9 nitrogen and oxygen atoms in total. The minimum atomic E-state index is -1.41. The highest BCUT2D eigenvalue weighted by Gasteiger charge is 2.37. The molecular formula is C8H12N4O5. The number of aliphatic hydroxyl groups is 3. The normalized spacial score (nSPS) is 33.4. The summed E-state index contributed by atoms with van der Waals surface area (Å²) in [5, 5.41) is 30.7. The number of H-pyrrole nitrogens is 1. The van der Waals surface area contributed by atoms with Crippen LogP contribution in [0.3, 0.4) is 0 Å². The molecule has 4 atom stereocenters. The topological polar surface area (TPSA) is 140 Å². The largest absolute Gasteiger partial charge is 0.386 e. The van der Waals surface area contributed by atoms with Gasteiger partial charge in [-0.1, -0.05) is 0 Å². The molecule has 1 aromatic heterocycles. The molecular weight excluding hydrogens is 232 g/mol. The van der Waals surface area contributed by atoms with Gasteiger partial charge in [0, 0.05) is 6.20 Å². The van der Waals surface area contributed by atoms with Gasteiger partial charge in [0.15, 0.2) is 12.5 Å². The molecule has 9 heteroatoms. The van der Waals surface area contributed by atoms with Crippen LogP contribution in [0.4, 0.5) is 5.82 Å². The van der Waals surface area contributed by atoms with Crippen molar-refractivity contribution in [3.05, 3.63) is 22.7 Å². The van der Waals surface area contributed by atoms with Crippen molar-refractivity contribution in [3.63, 3.8) is 0 Å². The Hall–Kier alpha value is -1.52. The first-order valence-electron chi connectivity index (χ1n) is 4.85. The highest BCUT2D eigenvalue weighted by Crippen LogP contribution is 2.13. The summed E-state index contributed by atoms with van der Waals surface area (Å²) in [5.41, 5.74) is 1.56. The van der Waals surface area contributed by atoms with Gasteiger partial charge in [-0.25, -0.2) is 9.78 Å². The highest BCUT2D eigenvalue weighted by atomic mass is 16.7. The summed E-state index contributed by atoms with van der Waals surface area (Å²) in [7, 11) is 0. The number of nitrogens with zero attached hydrogens (tertiary/aromatic N) is 1. The van der Waals surface area contributed by atoms with Crippen LogP contribution >= 0.6 is 0 Å². The van der Waals surface area contributed by atoms with Crippen molar-refractivity contribution >= 4 is 5.82 Å². The fourth-order valence-corrected chi connectivity index (χ4v) is 1.37. The first-order chi connectivity index (χ1) is 8.08. The zero-order valence-electron chi connectivity index (χ0n) is 8.57. The van der Waals surface area contributed by atoms with Gasteiger partial charge in [-0.15, -0.1) is 0 Å². The van der Waals surface area contributed by atoms with Gasteiger partial charge >= 0.3 is 5.69 Å². The molecule has 1 unspecified atom stereocenters. The second-order valence-electron chi connectivity index (χ2n) is 3.52. The lowest BCUT2D eigenvalue weighted by Crippen LogP contribution is -2.60. The van der Waals surface area contributed by atoms with E-state index in [1.165, 1.54) is 12.3 Å². The smallest absolute Gasteiger partial charge is 0.346 e. The van der Waals surface area contributed by atoms with Gasteiger partial charge in [0.1, 0.15) is 18.0 Å². The quantitative estimate of drug-likeness (QED) is 0.325. The number of rotatable bonds is 2. The van der Waals surface area contributed by atoms with Crippen LogP contribution in [0.25, 0.3) is 0 Å². The van der Waals surface area contributed by atoms with E-state index in [1.807, 2.05) is 0 Å². The third-order valence-corrected chi connectivity index (χ3v) is 2.27. The highest BCUT2D eigenvalue weighted by molar-refractivity contribution is 5.32. The van der Waals surface area contributed by atoms with Crippen molar-refractivity contribution in [2.24, 2.45) is 0 Å². The maximum atomic E-state index is 10.9. The molecule has 0 radical (unpaired) electrons. The Kier molecular flexibility index (Phi) is 3.36. The monoisotopic (exact) mass is 244 g/mol. The molecule has 17 heavy (non-hydrogen) atoms.